The van der Waals surface area contributed by atoms with Crippen LogP contribution in [-0.2, 0) is 0 Å². The van der Waals surface area contributed by atoms with Crippen molar-refractivity contribution >= 4 is 18.0 Å². The number of hydrogen-bond donors (Lipinski definition) is 0. The summed E-state index contributed by atoms with van der Waals surface area (Å²) in [5, 5.41) is 0. The van der Waals surface area contributed by atoms with Crippen molar-refractivity contribution in [2.75, 3.05) is 7.05 Å². The summed E-state index contributed by atoms with van der Waals surface area (Å²) < 4.78 is 2.10. The van der Waals surface area contributed by atoms with E-state index in [9.17, 15) is 0 Å². The van der Waals surface area contributed by atoms with E-state index in [2.05, 4.69) is 47.9 Å². The van der Waals surface area contributed by atoms with Crippen LogP contribution in [0.4, 0.5) is 0 Å². The lowest BCUT2D eigenvalue weighted by Crippen LogP contribution is -2.02. The van der Waals surface area contributed by atoms with Gasteiger partial charge in [0.1, 0.15) is 0 Å². The van der Waals surface area contributed by atoms with E-state index in [0.29, 0.717) is 0 Å². The zero-order valence-electron chi connectivity index (χ0n) is 6.32. The minimum Gasteiger partial charge on any atom is -0.322 e. The highest BCUT2D eigenvalue weighted by atomic mass is 32.2. The van der Waals surface area contributed by atoms with E-state index in [0.717, 1.165) is 0 Å². The van der Waals surface area contributed by atoms with E-state index in [4.69, 9.17) is 0 Å². The van der Waals surface area contributed by atoms with Gasteiger partial charge in [0.15, 0.2) is 0 Å². The van der Waals surface area contributed by atoms with Gasteiger partial charge in [0, 0.05) is 18.1 Å². The summed E-state index contributed by atoms with van der Waals surface area (Å²) in [5.74, 6) is 0. The lowest BCUT2D eigenvalue weighted by molar-refractivity contribution is 0.773. The Bertz CT molecular complexity index is 293. The summed E-state index contributed by atoms with van der Waals surface area (Å²) in [6, 6.07) is 8.40. The van der Waals surface area contributed by atoms with Gasteiger partial charge < -0.3 is 4.31 Å². The quantitative estimate of drug-likeness (QED) is 0.541. The van der Waals surface area contributed by atoms with Gasteiger partial charge in [-0.1, -0.05) is 18.2 Å². The molecule has 1 aromatic rings. The molecule has 0 atom stereocenters. The maximum Gasteiger partial charge on any atom is 0.0359 e. The first-order valence-corrected chi connectivity index (χ1v) is 4.31. The molecule has 56 valence electrons. The highest BCUT2D eigenvalue weighted by Gasteiger charge is 2.05. The molecule has 0 aromatic heterocycles. The van der Waals surface area contributed by atoms with Crippen LogP contribution in [0.2, 0.25) is 0 Å². The molecule has 0 unspecified atom stereocenters. The molecule has 1 aliphatic rings. The molecule has 0 spiro atoms. The number of hydrogen-bond acceptors (Lipinski definition) is 2. The van der Waals surface area contributed by atoms with Crippen molar-refractivity contribution in [3.63, 3.8) is 0 Å². The molecular weight excluding hydrogens is 154 g/mol. The Hall–Kier alpha value is -0.890. The van der Waals surface area contributed by atoms with Crippen LogP contribution in [-0.4, -0.2) is 11.4 Å². The molecule has 1 heterocycles. The van der Waals surface area contributed by atoms with Gasteiger partial charge in [0.05, 0.1) is 0 Å². The van der Waals surface area contributed by atoms with E-state index in [1.165, 1.54) is 10.5 Å². The first-order valence-electron chi connectivity index (χ1n) is 3.54. The summed E-state index contributed by atoms with van der Waals surface area (Å²) in [4.78, 5) is 1.33. The molecule has 1 aliphatic heterocycles. The van der Waals surface area contributed by atoms with Crippen molar-refractivity contribution in [1.29, 1.82) is 0 Å². The standard InChI is InChI=1S/C9H9NS/c1-10-7-6-8-4-2-3-5-9(8)11-10/h2-7H,1H3. The minimum absolute atomic E-state index is 1.32. The van der Waals surface area contributed by atoms with Crippen LogP contribution in [0.25, 0.3) is 6.08 Å². The second kappa shape index (κ2) is 2.62. The van der Waals surface area contributed by atoms with Crippen molar-refractivity contribution < 1.29 is 0 Å². The van der Waals surface area contributed by atoms with E-state index in [1.54, 1.807) is 11.9 Å². The van der Waals surface area contributed by atoms with Crippen LogP contribution in [0.5, 0.6) is 0 Å². The Labute approximate surface area is 70.8 Å². The van der Waals surface area contributed by atoms with Gasteiger partial charge in [-0.05, 0) is 29.7 Å². The molecule has 1 aromatic carbocycles. The fraction of sp³-hybridized carbons (Fsp3) is 0.111. The highest BCUT2D eigenvalue weighted by Crippen LogP contribution is 2.30. The first kappa shape index (κ1) is 6.80. The van der Waals surface area contributed by atoms with Crippen molar-refractivity contribution in [2.24, 2.45) is 0 Å². The topological polar surface area (TPSA) is 3.24 Å². The zero-order valence-corrected chi connectivity index (χ0v) is 7.14. The smallest absolute Gasteiger partial charge is 0.0359 e. The maximum absolute atomic E-state index is 2.14. The average Bonchev–Trinajstić information content (AvgIpc) is 2.04. The molecule has 0 amide bonds. The molecule has 0 saturated heterocycles. The summed E-state index contributed by atoms with van der Waals surface area (Å²) in [6.07, 6.45) is 4.21. The Balaban J connectivity index is 2.46. The van der Waals surface area contributed by atoms with Crippen molar-refractivity contribution in [3.05, 3.63) is 36.0 Å². The molecule has 2 heteroatoms. The fourth-order valence-electron chi connectivity index (χ4n) is 1.07. The zero-order chi connectivity index (χ0) is 7.68. The summed E-state index contributed by atoms with van der Waals surface area (Å²) in [5.41, 5.74) is 1.32. The Morgan fingerprint density at radius 1 is 1.27 bits per heavy atom. The van der Waals surface area contributed by atoms with Gasteiger partial charge in [-0.25, -0.2) is 0 Å². The molecule has 1 nitrogen and oxygen atoms in total. The van der Waals surface area contributed by atoms with Crippen LogP contribution in [0.15, 0.2) is 35.4 Å². The molecule has 0 fully saturated rings. The predicted molar refractivity (Wildman–Crippen MR) is 49.1 cm³/mol. The van der Waals surface area contributed by atoms with Gasteiger partial charge in [-0.3, -0.25) is 0 Å². The summed E-state index contributed by atoms with van der Waals surface area (Å²) in [6.45, 7) is 0. The monoisotopic (exact) mass is 163 g/mol. The third kappa shape index (κ3) is 1.26. The number of rotatable bonds is 0. The number of fused-ring (bicyclic) bond motifs is 1. The fourth-order valence-corrected chi connectivity index (χ4v) is 1.89. The maximum atomic E-state index is 2.14. The van der Waals surface area contributed by atoms with E-state index >= 15 is 0 Å². The van der Waals surface area contributed by atoms with Crippen molar-refractivity contribution in [1.82, 2.24) is 4.31 Å². The second-order valence-corrected chi connectivity index (χ2v) is 3.69. The SMILES string of the molecule is CN1C=Cc2ccccc2S1. The molecule has 11 heavy (non-hydrogen) atoms. The first-order chi connectivity index (χ1) is 5.36. The van der Waals surface area contributed by atoms with Crippen molar-refractivity contribution in [2.45, 2.75) is 4.90 Å². The van der Waals surface area contributed by atoms with E-state index in [1.807, 2.05) is 0 Å². The Kier molecular flexibility index (Phi) is 1.62. The van der Waals surface area contributed by atoms with Gasteiger partial charge >= 0.3 is 0 Å². The normalized spacial score (nSPS) is 14.8. The molecule has 0 N–H and O–H groups in total. The molecule has 0 bridgehead atoms. The molecule has 0 aliphatic carbocycles. The van der Waals surface area contributed by atoms with E-state index in [-0.39, 0.29) is 0 Å². The van der Waals surface area contributed by atoms with Gasteiger partial charge in [-0.2, -0.15) is 0 Å². The Morgan fingerprint density at radius 2 is 2.09 bits per heavy atom. The van der Waals surface area contributed by atoms with Gasteiger partial charge in [-0.15, -0.1) is 0 Å². The minimum atomic E-state index is 1.32. The van der Waals surface area contributed by atoms with Crippen LogP contribution in [0, 0.1) is 0 Å². The van der Waals surface area contributed by atoms with Crippen molar-refractivity contribution in [3.8, 4) is 0 Å². The summed E-state index contributed by atoms with van der Waals surface area (Å²) in [7, 11) is 2.05. The Morgan fingerprint density at radius 3 is 3.00 bits per heavy atom. The number of benzene rings is 1. The third-order valence-electron chi connectivity index (χ3n) is 1.63. The summed E-state index contributed by atoms with van der Waals surface area (Å²) >= 11 is 1.76. The van der Waals surface area contributed by atoms with Gasteiger partial charge in [0.25, 0.3) is 0 Å². The molecular formula is C9H9NS. The predicted octanol–water partition coefficient (Wildman–Crippen LogP) is 2.61. The lowest BCUT2D eigenvalue weighted by Gasteiger charge is -2.18. The van der Waals surface area contributed by atoms with Gasteiger partial charge in [0.2, 0.25) is 0 Å². The van der Waals surface area contributed by atoms with Crippen LogP contribution in [0.1, 0.15) is 5.56 Å². The molecule has 2 rings (SSSR count). The molecule has 0 radical (unpaired) electrons. The average molecular weight is 163 g/mol. The lowest BCUT2D eigenvalue weighted by atomic mass is 10.2. The van der Waals surface area contributed by atoms with E-state index < -0.39 is 0 Å². The number of nitrogens with zero attached hydrogens (tertiary/aromatic N) is 1. The molecule has 0 saturated carbocycles. The second-order valence-electron chi connectivity index (χ2n) is 2.49. The van der Waals surface area contributed by atoms with Crippen LogP contribution >= 0.6 is 11.9 Å². The largest absolute Gasteiger partial charge is 0.322 e. The van der Waals surface area contributed by atoms with Crippen LogP contribution < -0.4 is 0 Å². The van der Waals surface area contributed by atoms with Crippen LogP contribution in [0.3, 0.4) is 0 Å². The third-order valence-corrected chi connectivity index (χ3v) is 2.60. The highest BCUT2D eigenvalue weighted by molar-refractivity contribution is 7.97.